The molecule has 28 heavy (non-hydrogen) atoms. The summed E-state index contributed by atoms with van der Waals surface area (Å²) >= 11 is 0. The number of likely N-dealkylation sites (tertiary alicyclic amines) is 1. The molecule has 144 valence electrons. The molecular weight excluding hydrogens is 360 g/mol. The molecule has 0 spiro atoms. The van der Waals surface area contributed by atoms with E-state index in [9.17, 15) is 9.59 Å². The maximum absolute atomic E-state index is 12.6. The number of pyridine rings is 1. The molecule has 0 radical (unpaired) electrons. The van der Waals surface area contributed by atoms with Crippen molar-refractivity contribution in [3.8, 4) is 5.82 Å². The average Bonchev–Trinajstić information content (AvgIpc) is 3.46. The van der Waals surface area contributed by atoms with Gasteiger partial charge in [0.05, 0.1) is 11.8 Å². The minimum Gasteiger partial charge on any atom is -0.472 e. The molecule has 3 aromatic heterocycles. The number of carbonyl (C=O) groups is 2. The van der Waals surface area contributed by atoms with Gasteiger partial charge < -0.3 is 14.6 Å². The molecule has 1 saturated heterocycles. The molecule has 3 aromatic rings. The Balaban J connectivity index is 1.32. The van der Waals surface area contributed by atoms with Gasteiger partial charge in [0.25, 0.3) is 5.91 Å². The predicted molar refractivity (Wildman–Crippen MR) is 98.3 cm³/mol. The van der Waals surface area contributed by atoms with Crippen molar-refractivity contribution in [3.63, 3.8) is 0 Å². The number of hydrogen-bond donors (Lipinski definition) is 1. The smallest absolute Gasteiger partial charge is 0.257 e. The first kappa shape index (κ1) is 17.9. The van der Waals surface area contributed by atoms with Crippen molar-refractivity contribution in [1.29, 1.82) is 0 Å². The highest BCUT2D eigenvalue weighted by molar-refractivity contribution is 5.94. The Bertz CT molecular complexity index is 931. The maximum atomic E-state index is 12.6. The fourth-order valence-electron chi connectivity index (χ4n) is 3.33. The highest BCUT2D eigenvalue weighted by Crippen LogP contribution is 2.20. The Morgan fingerprint density at radius 1 is 1.25 bits per heavy atom. The van der Waals surface area contributed by atoms with Crippen molar-refractivity contribution in [3.05, 3.63) is 60.7 Å². The molecule has 0 unspecified atom stereocenters. The highest BCUT2D eigenvalue weighted by atomic mass is 16.3. The molecule has 1 aliphatic heterocycles. The average molecular weight is 380 g/mol. The Labute approximate surface area is 161 Å². The number of furan rings is 1. The lowest BCUT2D eigenvalue weighted by molar-refractivity contribution is -0.126. The molecule has 1 fully saturated rings. The van der Waals surface area contributed by atoms with Gasteiger partial charge in [0.2, 0.25) is 5.91 Å². The van der Waals surface area contributed by atoms with E-state index in [1.54, 1.807) is 28.2 Å². The van der Waals surface area contributed by atoms with Gasteiger partial charge in [0.1, 0.15) is 18.9 Å². The molecule has 2 amide bonds. The molecule has 9 nitrogen and oxygen atoms in total. The summed E-state index contributed by atoms with van der Waals surface area (Å²) < 4.78 is 6.54. The van der Waals surface area contributed by atoms with Crippen LogP contribution in [0.2, 0.25) is 0 Å². The van der Waals surface area contributed by atoms with E-state index in [0.717, 1.165) is 5.56 Å². The molecule has 1 N–H and O–H groups in total. The number of amides is 2. The molecule has 0 bridgehead atoms. The SMILES string of the molecule is O=C(NCc1cccnc1-n1cncn1)C1CCN(C(=O)c2ccoc2)CC1. The van der Waals surface area contributed by atoms with Crippen LogP contribution in [0.25, 0.3) is 5.82 Å². The number of nitrogens with zero attached hydrogens (tertiary/aromatic N) is 5. The third-order valence-corrected chi connectivity index (χ3v) is 4.88. The minimum absolute atomic E-state index is 0.0104. The third kappa shape index (κ3) is 3.78. The van der Waals surface area contributed by atoms with Crippen LogP contribution in [0, 0.1) is 5.92 Å². The van der Waals surface area contributed by atoms with Crippen LogP contribution in [-0.4, -0.2) is 49.6 Å². The van der Waals surface area contributed by atoms with Crippen LogP contribution in [0.5, 0.6) is 0 Å². The molecular formula is C19H20N6O3. The van der Waals surface area contributed by atoms with Gasteiger partial charge in [-0.3, -0.25) is 9.59 Å². The molecule has 0 aliphatic carbocycles. The van der Waals surface area contributed by atoms with E-state index < -0.39 is 0 Å². The monoisotopic (exact) mass is 380 g/mol. The topological polar surface area (TPSA) is 106 Å². The Kier molecular flexibility index (Phi) is 5.14. The fraction of sp³-hybridized carbons (Fsp3) is 0.316. The second-order valence-electron chi connectivity index (χ2n) is 6.62. The van der Waals surface area contributed by atoms with Gasteiger partial charge in [0.15, 0.2) is 5.82 Å². The second-order valence-corrected chi connectivity index (χ2v) is 6.62. The summed E-state index contributed by atoms with van der Waals surface area (Å²) in [6, 6.07) is 5.38. The maximum Gasteiger partial charge on any atom is 0.257 e. The zero-order valence-electron chi connectivity index (χ0n) is 15.2. The van der Waals surface area contributed by atoms with Gasteiger partial charge in [-0.1, -0.05) is 6.07 Å². The first-order valence-electron chi connectivity index (χ1n) is 9.10. The van der Waals surface area contributed by atoms with Crippen LogP contribution in [0.15, 0.2) is 54.0 Å². The minimum atomic E-state index is -0.111. The summed E-state index contributed by atoms with van der Waals surface area (Å²) in [5.74, 6) is 0.463. The second kappa shape index (κ2) is 8.03. The summed E-state index contributed by atoms with van der Waals surface area (Å²) in [4.78, 5) is 35.0. The number of aromatic nitrogens is 4. The van der Waals surface area contributed by atoms with E-state index in [-0.39, 0.29) is 17.7 Å². The Hall–Kier alpha value is -3.49. The summed E-state index contributed by atoms with van der Waals surface area (Å²) in [5, 5.41) is 7.08. The van der Waals surface area contributed by atoms with E-state index in [4.69, 9.17) is 4.42 Å². The van der Waals surface area contributed by atoms with Gasteiger partial charge in [0, 0.05) is 37.3 Å². The van der Waals surface area contributed by atoms with E-state index in [1.807, 2.05) is 12.1 Å². The molecule has 0 saturated carbocycles. The van der Waals surface area contributed by atoms with E-state index >= 15 is 0 Å². The summed E-state index contributed by atoms with van der Waals surface area (Å²) in [6.07, 6.45) is 8.89. The van der Waals surface area contributed by atoms with Crippen molar-refractivity contribution < 1.29 is 14.0 Å². The predicted octanol–water partition coefficient (Wildman–Crippen LogP) is 1.42. The molecule has 4 rings (SSSR count). The van der Waals surface area contributed by atoms with Gasteiger partial charge in [-0.2, -0.15) is 5.10 Å². The number of rotatable bonds is 5. The number of nitrogens with one attached hydrogen (secondary N) is 1. The quantitative estimate of drug-likeness (QED) is 0.718. The van der Waals surface area contributed by atoms with Crippen molar-refractivity contribution in [1.82, 2.24) is 30.0 Å². The number of hydrogen-bond acceptors (Lipinski definition) is 6. The van der Waals surface area contributed by atoms with Crippen molar-refractivity contribution in [2.45, 2.75) is 19.4 Å². The van der Waals surface area contributed by atoms with Crippen LogP contribution < -0.4 is 5.32 Å². The first-order valence-corrected chi connectivity index (χ1v) is 9.10. The molecule has 4 heterocycles. The van der Waals surface area contributed by atoms with Gasteiger partial charge in [-0.05, 0) is 25.0 Å². The zero-order valence-corrected chi connectivity index (χ0v) is 15.2. The number of piperidine rings is 1. The lowest BCUT2D eigenvalue weighted by atomic mass is 9.95. The van der Waals surface area contributed by atoms with Crippen molar-refractivity contribution in [2.75, 3.05) is 13.1 Å². The largest absolute Gasteiger partial charge is 0.472 e. The zero-order chi connectivity index (χ0) is 19.3. The van der Waals surface area contributed by atoms with Crippen LogP contribution >= 0.6 is 0 Å². The Morgan fingerprint density at radius 2 is 2.11 bits per heavy atom. The molecule has 0 aromatic carbocycles. The summed E-state index contributed by atoms with van der Waals surface area (Å²) in [6.45, 7) is 1.47. The first-order chi connectivity index (χ1) is 13.7. The van der Waals surface area contributed by atoms with Crippen LogP contribution in [0.4, 0.5) is 0 Å². The van der Waals surface area contributed by atoms with Crippen LogP contribution in [0.1, 0.15) is 28.8 Å². The van der Waals surface area contributed by atoms with E-state index in [2.05, 4.69) is 20.4 Å². The fourth-order valence-corrected chi connectivity index (χ4v) is 3.33. The third-order valence-electron chi connectivity index (χ3n) is 4.88. The normalized spacial score (nSPS) is 14.8. The van der Waals surface area contributed by atoms with Crippen LogP contribution in [0.3, 0.4) is 0 Å². The Morgan fingerprint density at radius 3 is 2.82 bits per heavy atom. The van der Waals surface area contributed by atoms with Crippen LogP contribution in [-0.2, 0) is 11.3 Å². The van der Waals surface area contributed by atoms with E-state index in [1.165, 1.54) is 18.9 Å². The van der Waals surface area contributed by atoms with Crippen molar-refractivity contribution in [2.24, 2.45) is 5.92 Å². The van der Waals surface area contributed by atoms with Crippen molar-refractivity contribution >= 4 is 11.8 Å². The number of carbonyl (C=O) groups excluding carboxylic acids is 2. The summed E-state index contributed by atoms with van der Waals surface area (Å²) in [7, 11) is 0. The van der Waals surface area contributed by atoms with E-state index in [0.29, 0.717) is 43.9 Å². The van der Waals surface area contributed by atoms with Gasteiger partial charge >= 0.3 is 0 Å². The van der Waals surface area contributed by atoms with Gasteiger partial charge in [-0.15, -0.1) is 0 Å². The standard InChI is InChI=1S/C19H20N6O3/c26-18(14-3-7-24(8-4-14)19(27)16-5-9-28-11-16)22-10-15-2-1-6-21-17(15)25-13-20-12-23-25/h1-2,5-6,9,11-14H,3-4,7-8,10H2,(H,22,26). The molecule has 0 atom stereocenters. The lowest BCUT2D eigenvalue weighted by Gasteiger charge is -2.31. The van der Waals surface area contributed by atoms with Gasteiger partial charge in [-0.25, -0.2) is 14.6 Å². The molecule has 1 aliphatic rings. The summed E-state index contributed by atoms with van der Waals surface area (Å²) in [5.41, 5.74) is 1.40. The lowest BCUT2D eigenvalue weighted by Crippen LogP contribution is -2.42. The highest BCUT2D eigenvalue weighted by Gasteiger charge is 2.28. The molecule has 9 heteroatoms.